The molecule has 2 atom stereocenters. The molecule has 1 saturated carbocycles. The number of nitrogens with two attached hydrogens (primary N) is 1. The summed E-state index contributed by atoms with van der Waals surface area (Å²) in [6, 6.07) is 5.32. The number of sulfone groups is 1. The maximum absolute atomic E-state index is 12.6. The van der Waals surface area contributed by atoms with Gasteiger partial charge in [0.2, 0.25) is 10.0 Å². The molecule has 2 rings (SSSR count). The van der Waals surface area contributed by atoms with Crippen LogP contribution >= 0.6 is 0 Å². The Bertz CT molecular complexity index is 744. The van der Waals surface area contributed by atoms with E-state index in [0.717, 1.165) is 25.7 Å². The van der Waals surface area contributed by atoms with Crippen molar-refractivity contribution < 1.29 is 16.8 Å². The average molecular weight is 361 g/mol. The number of nitrogens with one attached hydrogen (secondary N) is 1. The van der Waals surface area contributed by atoms with Crippen molar-refractivity contribution in [1.29, 1.82) is 0 Å². The maximum Gasteiger partial charge on any atom is 0.240 e. The fraction of sp³-hybridized carbons (Fsp3) is 0.600. The summed E-state index contributed by atoms with van der Waals surface area (Å²) >= 11 is 0. The van der Waals surface area contributed by atoms with Gasteiger partial charge in [-0.05, 0) is 43.5 Å². The van der Waals surface area contributed by atoms with E-state index < -0.39 is 19.9 Å². The number of rotatable bonds is 6. The number of hydrogen-bond donors (Lipinski definition) is 2. The van der Waals surface area contributed by atoms with E-state index in [1.807, 2.05) is 0 Å². The van der Waals surface area contributed by atoms with Crippen LogP contribution in [0.25, 0.3) is 0 Å². The Labute approximate surface area is 138 Å². The fourth-order valence-electron chi connectivity index (χ4n) is 2.91. The lowest BCUT2D eigenvalue weighted by atomic mass is 9.85. The van der Waals surface area contributed by atoms with E-state index in [0.29, 0.717) is 6.54 Å². The normalized spacial score (nSPS) is 22.9. The van der Waals surface area contributed by atoms with E-state index in [1.165, 1.54) is 31.2 Å². The molecular formula is C15H24N2O4S2. The molecule has 23 heavy (non-hydrogen) atoms. The summed E-state index contributed by atoms with van der Waals surface area (Å²) in [5.41, 5.74) is 5.74. The summed E-state index contributed by atoms with van der Waals surface area (Å²) in [4.78, 5) is 0.00950. The van der Waals surface area contributed by atoms with Crippen LogP contribution in [0.3, 0.4) is 0 Å². The predicted molar refractivity (Wildman–Crippen MR) is 89.3 cm³/mol. The minimum atomic E-state index is -3.76. The molecule has 2 unspecified atom stereocenters. The zero-order valence-corrected chi connectivity index (χ0v) is 14.9. The van der Waals surface area contributed by atoms with Gasteiger partial charge in [0.15, 0.2) is 9.84 Å². The second-order valence-electron chi connectivity index (χ2n) is 5.89. The standard InChI is InChI=1S/C15H24N2O4S2/c1-2-22(18,19)13-7-5-8-14(10-13)23(20,21)17-15-9-4-3-6-12(15)11-16/h5,7-8,10,12,15,17H,2-4,6,9,11,16H2,1H3. The topological polar surface area (TPSA) is 106 Å². The molecule has 6 nitrogen and oxygen atoms in total. The highest BCUT2D eigenvalue weighted by atomic mass is 32.2. The first-order chi connectivity index (χ1) is 10.8. The minimum Gasteiger partial charge on any atom is -0.330 e. The molecular weight excluding hydrogens is 336 g/mol. The van der Waals surface area contributed by atoms with Crippen molar-refractivity contribution in [2.75, 3.05) is 12.3 Å². The van der Waals surface area contributed by atoms with Gasteiger partial charge in [0, 0.05) is 6.04 Å². The molecule has 130 valence electrons. The van der Waals surface area contributed by atoms with Gasteiger partial charge in [0.05, 0.1) is 15.5 Å². The highest BCUT2D eigenvalue weighted by Gasteiger charge is 2.29. The average Bonchev–Trinajstić information content (AvgIpc) is 2.55. The van der Waals surface area contributed by atoms with Crippen molar-refractivity contribution in [3.8, 4) is 0 Å². The van der Waals surface area contributed by atoms with Crippen LogP contribution in [0, 0.1) is 5.92 Å². The second kappa shape index (κ2) is 7.29. The second-order valence-corrected chi connectivity index (χ2v) is 9.88. The lowest BCUT2D eigenvalue weighted by molar-refractivity contribution is 0.296. The molecule has 8 heteroatoms. The summed E-state index contributed by atoms with van der Waals surface area (Å²) in [6.07, 6.45) is 3.69. The monoisotopic (exact) mass is 360 g/mol. The third-order valence-corrected chi connectivity index (χ3v) is 7.59. The summed E-state index contributed by atoms with van der Waals surface area (Å²) in [6.45, 7) is 1.97. The zero-order valence-electron chi connectivity index (χ0n) is 13.2. The maximum atomic E-state index is 12.6. The molecule has 0 spiro atoms. The Balaban J connectivity index is 2.28. The largest absolute Gasteiger partial charge is 0.330 e. The van der Waals surface area contributed by atoms with Crippen LogP contribution in [0.15, 0.2) is 34.1 Å². The first-order valence-corrected chi connectivity index (χ1v) is 11.0. The Morgan fingerprint density at radius 1 is 1.13 bits per heavy atom. The number of hydrogen-bond acceptors (Lipinski definition) is 5. The summed E-state index contributed by atoms with van der Waals surface area (Å²) < 4.78 is 51.7. The van der Waals surface area contributed by atoms with Crippen molar-refractivity contribution in [3.05, 3.63) is 24.3 Å². The van der Waals surface area contributed by atoms with Crippen LogP contribution < -0.4 is 10.5 Å². The summed E-state index contributed by atoms with van der Waals surface area (Å²) in [5, 5.41) is 0. The van der Waals surface area contributed by atoms with Crippen LogP contribution in [0.2, 0.25) is 0 Å². The lowest BCUT2D eigenvalue weighted by Crippen LogP contribution is -2.44. The SMILES string of the molecule is CCS(=O)(=O)c1cccc(S(=O)(=O)NC2CCCCC2CN)c1. The molecule has 0 amide bonds. The highest BCUT2D eigenvalue weighted by Crippen LogP contribution is 2.25. The van der Waals surface area contributed by atoms with Gasteiger partial charge in [-0.3, -0.25) is 0 Å². The molecule has 1 fully saturated rings. The third kappa shape index (κ3) is 4.32. The fourth-order valence-corrected chi connectivity index (χ4v) is 5.30. The lowest BCUT2D eigenvalue weighted by Gasteiger charge is -2.31. The third-order valence-electron chi connectivity index (χ3n) is 4.37. The van der Waals surface area contributed by atoms with Crippen LogP contribution in [-0.2, 0) is 19.9 Å². The van der Waals surface area contributed by atoms with Gasteiger partial charge in [0.1, 0.15) is 0 Å². The Hall–Kier alpha value is -0.960. The van der Waals surface area contributed by atoms with Crippen LogP contribution in [0.4, 0.5) is 0 Å². The van der Waals surface area contributed by atoms with E-state index >= 15 is 0 Å². The van der Waals surface area contributed by atoms with Gasteiger partial charge in [-0.25, -0.2) is 21.6 Å². The van der Waals surface area contributed by atoms with Gasteiger partial charge in [-0.2, -0.15) is 0 Å². The quantitative estimate of drug-likeness (QED) is 0.795. The van der Waals surface area contributed by atoms with Crippen LogP contribution in [-0.4, -0.2) is 35.2 Å². The van der Waals surface area contributed by atoms with E-state index in [1.54, 1.807) is 0 Å². The molecule has 1 aromatic rings. The van der Waals surface area contributed by atoms with Gasteiger partial charge in [-0.15, -0.1) is 0 Å². The Morgan fingerprint density at radius 2 is 1.78 bits per heavy atom. The first-order valence-electron chi connectivity index (χ1n) is 7.85. The number of benzene rings is 1. The van der Waals surface area contributed by atoms with E-state index in [9.17, 15) is 16.8 Å². The predicted octanol–water partition coefficient (Wildman–Crippen LogP) is 1.28. The van der Waals surface area contributed by atoms with E-state index in [4.69, 9.17) is 5.73 Å². The van der Waals surface area contributed by atoms with Crippen LogP contribution in [0.1, 0.15) is 32.6 Å². The zero-order chi connectivity index (χ0) is 17.1. The molecule has 1 aliphatic carbocycles. The van der Waals surface area contributed by atoms with Gasteiger partial charge >= 0.3 is 0 Å². The molecule has 0 aromatic heterocycles. The van der Waals surface area contributed by atoms with Gasteiger partial charge in [-0.1, -0.05) is 25.8 Å². The van der Waals surface area contributed by atoms with Crippen LogP contribution in [0.5, 0.6) is 0 Å². The molecule has 0 heterocycles. The van der Waals surface area contributed by atoms with Crippen molar-refractivity contribution >= 4 is 19.9 Å². The van der Waals surface area contributed by atoms with E-state index in [-0.39, 0.29) is 27.5 Å². The Kier molecular flexibility index (Phi) is 5.83. The minimum absolute atomic E-state index is 0.0200. The Morgan fingerprint density at radius 3 is 2.43 bits per heavy atom. The first kappa shape index (κ1) is 18.4. The van der Waals surface area contributed by atoms with Crippen molar-refractivity contribution in [2.45, 2.75) is 48.4 Å². The molecule has 0 saturated heterocycles. The van der Waals surface area contributed by atoms with E-state index in [2.05, 4.69) is 4.72 Å². The smallest absolute Gasteiger partial charge is 0.240 e. The number of sulfonamides is 1. The molecule has 0 radical (unpaired) electrons. The molecule has 0 bridgehead atoms. The molecule has 0 aliphatic heterocycles. The highest BCUT2D eigenvalue weighted by molar-refractivity contribution is 7.91. The van der Waals surface area contributed by atoms with Gasteiger partial charge < -0.3 is 5.73 Å². The van der Waals surface area contributed by atoms with Gasteiger partial charge in [0.25, 0.3) is 0 Å². The van der Waals surface area contributed by atoms with Crippen molar-refractivity contribution in [3.63, 3.8) is 0 Å². The summed E-state index contributed by atoms with van der Waals surface area (Å²) in [5.74, 6) is 0.0583. The van der Waals surface area contributed by atoms with Crippen molar-refractivity contribution in [1.82, 2.24) is 4.72 Å². The molecule has 1 aliphatic rings. The van der Waals surface area contributed by atoms with Crippen molar-refractivity contribution in [2.24, 2.45) is 11.7 Å². The molecule has 1 aromatic carbocycles. The summed E-state index contributed by atoms with van der Waals surface area (Å²) in [7, 11) is -7.21. The molecule has 3 N–H and O–H groups in total.